The van der Waals surface area contributed by atoms with E-state index in [0.29, 0.717) is 6.04 Å². The number of rotatable bonds is 2. The number of likely N-dealkylation sites (tertiary alicyclic amines) is 1. The van der Waals surface area contributed by atoms with Gasteiger partial charge in [-0.05, 0) is 31.9 Å². The van der Waals surface area contributed by atoms with Gasteiger partial charge < -0.3 is 10.2 Å². The summed E-state index contributed by atoms with van der Waals surface area (Å²) in [6, 6.07) is 4.77. The van der Waals surface area contributed by atoms with Crippen molar-refractivity contribution in [3.63, 3.8) is 0 Å². The fourth-order valence-corrected chi connectivity index (χ4v) is 3.57. The van der Waals surface area contributed by atoms with Crippen molar-refractivity contribution in [2.24, 2.45) is 0 Å². The van der Waals surface area contributed by atoms with Crippen molar-refractivity contribution in [2.75, 3.05) is 39.3 Å². The molecule has 1 amide bonds. The molecule has 0 spiro atoms. The Labute approximate surface area is 127 Å². The maximum Gasteiger partial charge on any atom is 0.254 e. The number of hydrogen-bond donors (Lipinski definition) is 1. The zero-order chi connectivity index (χ0) is 15.0. The predicted octanol–water partition coefficient (Wildman–Crippen LogP) is 1.34. The SMILES string of the molecule is Cc1cc(C)c(C(=O)N2CC(N3CCNCC3)C2)c(C)c1. The average molecular weight is 287 g/mol. The number of amides is 1. The van der Waals surface area contributed by atoms with Gasteiger partial charge in [-0.15, -0.1) is 0 Å². The summed E-state index contributed by atoms with van der Waals surface area (Å²) in [5.41, 5.74) is 4.33. The molecule has 0 atom stereocenters. The number of piperazine rings is 1. The second-order valence-electron chi connectivity index (χ2n) is 6.42. The number of nitrogens with zero attached hydrogens (tertiary/aromatic N) is 2. The summed E-state index contributed by atoms with van der Waals surface area (Å²) >= 11 is 0. The summed E-state index contributed by atoms with van der Waals surface area (Å²) in [4.78, 5) is 17.2. The lowest BCUT2D eigenvalue weighted by molar-refractivity contribution is 0.0226. The van der Waals surface area contributed by atoms with Crippen LogP contribution >= 0.6 is 0 Å². The number of nitrogens with one attached hydrogen (secondary N) is 1. The van der Waals surface area contributed by atoms with E-state index in [-0.39, 0.29) is 5.91 Å². The van der Waals surface area contributed by atoms with Crippen molar-refractivity contribution in [3.8, 4) is 0 Å². The topological polar surface area (TPSA) is 35.6 Å². The molecule has 2 aliphatic heterocycles. The van der Waals surface area contributed by atoms with Gasteiger partial charge in [-0.3, -0.25) is 9.69 Å². The predicted molar refractivity (Wildman–Crippen MR) is 84.8 cm³/mol. The van der Waals surface area contributed by atoms with Crippen LogP contribution in [0.4, 0.5) is 0 Å². The minimum absolute atomic E-state index is 0.205. The molecule has 1 aromatic rings. The largest absolute Gasteiger partial charge is 0.335 e. The molecule has 2 fully saturated rings. The van der Waals surface area contributed by atoms with E-state index in [4.69, 9.17) is 0 Å². The zero-order valence-electron chi connectivity index (χ0n) is 13.3. The smallest absolute Gasteiger partial charge is 0.254 e. The zero-order valence-corrected chi connectivity index (χ0v) is 13.3. The molecule has 4 heteroatoms. The lowest BCUT2D eigenvalue weighted by Gasteiger charge is -2.47. The van der Waals surface area contributed by atoms with Gasteiger partial charge in [0.1, 0.15) is 0 Å². The first-order valence-corrected chi connectivity index (χ1v) is 7.88. The molecule has 2 heterocycles. The Kier molecular flexibility index (Phi) is 4.00. The Morgan fingerprint density at radius 2 is 1.67 bits per heavy atom. The van der Waals surface area contributed by atoms with Crippen LogP contribution in [0.1, 0.15) is 27.0 Å². The van der Waals surface area contributed by atoms with Crippen molar-refractivity contribution < 1.29 is 4.79 Å². The average Bonchev–Trinajstić information content (AvgIpc) is 2.37. The highest BCUT2D eigenvalue weighted by Crippen LogP contribution is 2.23. The van der Waals surface area contributed by atoms with Crippen molar-refractivity contribution in [1.29, 1.82) is 0 Å². The third-order valence-electron chi connectivity index (χ3n) is 4.71. The maximum absolute atomic E-state index is 12.7. The molecule has 2 aliphatic rings. The Morgan fingerprint density at radius 1 is 1.10 bits per heavy atom. The molecule has 0 bridgehead atoms. The van der Waals surface area contributed by atoms with E-state index in [9.17, 15) is 4.79 Å². The van der Waals surface area contributed by atoms with E-state index in [1.54, 1.807) is 0 Å². The third-order valence-corrected chi connectivity index (χ3v) is 4.71. The highest BCUT2D eigenvalue weighted by molar-refractivity contribution is 5.97. The van der Waals surface area contributed by atoms with Crippen LogP contribution in [0.25, 0.3) is 0 Å². The standard InChI is InChI=1S/C17H25N3O/c1-12-8-13(2)16(14(3)9-12)17(21)20-10-15(11-20)19-6-4-18-5-7-19/h8-9,15,18H,4-7,10-11H2,1-3H3. The molecule has 0 aliphatic carbocycles. The molecule has 21 heavy (non-hydrogen) atoms. The number of aryl methyl sites for hydroxylation is 3. The summed E-state index contributed by atoms with van der Waals surface area (Å²) in [6.07, 6.45) is 0. The summed E-state index contributed by atoms with van der Waals surface area (Å²) in [6.45, 7) is 12.3. The van der Waals surface area contributed by atoms with Crippen LogP contribution in [-0.2, 0) is 0 Å². The van der Waals surface area contributed by atoms with Gasteiger partial charge in [0, 0.05) is 50.9 Å². The number of hydrogen-bond acceptors (Lipinski definition) is 3. The van der Waals surface area contributed by atoms with Crippen LogP contribution in [0.2, 0.25) is 0 Å². The lowest BCUT2D eigenvalue weighted by Crippen LogP contribution is -2.64. The molecule has 3 rings (SSSR count). The van der Waals surface area contributed by atoms with E-state index >= 15 is 0 Å². The van der Waals surface area contributed by atoms with E-state index < -0.39 is 0 Å². The van der Waals surface area contributed by atoms with Crippen molar-refractivity contribution in [2.45, 2.75) is 26.8 Å². The van der Waals surface area contributed by atoms with E-state index in [2.05, 4.69) is 29.3 Å². The van der Waals surface area contributed by atoms with Gasteiger partial charge in [-0.1, -0.05) is 17.7 Å². The van der Waals surface area contributed by atoms with Gasteiger partial charge in [0.25, 0.3) is 5.91 Å². The third kappa shape index (κ3) is 2.83. The monoisotopic (exact) mass is 287 g/mol. The summed E-state index contributed by atoms with van der Waals surface area (Å²) in [5.74, 6) is 0.205. The number of benzene rings is 1. The molecule has 0 saturated carbocycles. The van der Waals surface area contributed by atoms with Crippen molar-refractivity contribution in [3.05, 3.63) is 34.4 Å². The molecule has 114 valence electrons. The minimum Gasteiger partial charge on any atom is -0.335 e. The second-order valence-corrected chi connectivity index (χ2v) is 6.42. The second kappa shape index (κ2) is 5.78. The van der Waals surface area contributed by atoms with Gasteiger partial charge >= 0.3 is 0 Å². The quantitative estimate of drug-likeness (QED) is 0.892. The van der Waals surface area contributed by atoms with E-state index in [1.807, 2.05) is 18.7 Å². The van der Waals surface area contributed by atoms with Crippen LogP contribution in [-0.4, -0.2) is 61.0 Å². The van der Waals surface area contributed by atoms with Crippen LogP contribution < -0.4 is 5.32 Å². The van der Waals surface area contributed by atoms with Crippen LogP contribution in [0.3, 0.4) is 0 Å². The van der Waals surface area contributed by atoms with Gasteiger partial charge in [0.05, 0.1) is 0 Å². The molecule has 0 aromatic heterocycles. The summed E-state index contributed by atoms with van der Waals surface area (Å²) in [5, 5.41) is 3.38. The van der Waals surface area contributed by atoms with Crippen LogP contribution in [0, 0.1) is 20.8 Å². The van der Waals surface area contributed by atoms with Crippen molar-refractivity contribution >= 4 is 5.91 Å². The van der Waals surface area contributed by atoms with Gasteiger partial charge in [0.15, 0.2) is 0 Å². The Morgan fingerprint density at radius 3 is 2.24 bits per heavy atom. The molecule has 0 unspecified atom stereocenters. The molecule has 2 saturated heterocycles. The Bertz CT molecular complexity index is 520. The Hall–Kier alpha value is -1.39. The first-order chi connectivity index (χ1) is 10.1. The highest BCUT2D eigenvalue weighted by Gasteiger charge is 2.36. The van der Waals surface area contributed by atoms with Crippen LogP contribution in [0.15, 0.2) is 12.1 Å². The minimum atomic E-state index is 0.205. The normalized spacial score (nSPS) is 20.4. The molecule has 1 N–H and O–H groups in total. The fraction of sp³-hybridized carbons (Fsp3) is 0.588. The van der Waals surface area contributed by atoms with E-state index in [1.165, 1.54) is 5.56 Å². The lowest BCUT2D eigenvalue weighted by atomic mass is 9.96. The summed E-state index contributed by atoms with van der Waals surface area (Å²) in [7, 11) is 0. The first kappa shape index (κ1) is 14.5. The summed E-state index contributed by atoms with van der Waals surface area (Å²) < 4.78 is 0. The Balaban J connectivity index is 1.65. The number of carbonyl (C=O) groups excluding carboxylic acids is 1. The van der Waals surface area contributed by atoms with Crippen molar-refractivity contribution in [1.82, 2.24) is 15.1 Å². The number of carbonyl (C=O) groups is 1. The molecular weight excluding hydrogens is 262 g/mol. The van der Waals surface area contributed by atoms with Crippen LogP contribution in [0.5, 0.6) is 0 Å². The van der Waals surface area contributed by atoms with Gasteiger partial charge in [-0.25, -0.2) is 0 Å². The first-order valence-electron chi connectivity index (χ1n) is 7.88. The maximum atomic E-state index is 12.7. The van der Waals surface area contributed by atoms with Gasteiger partial charge in [0.2, 0.25) is 0 Å². The fourth-order valence-electron chi connectivity index (χ4n) is 3.57. The highest BCUT2D eigenvalue weighted by atomic mass is 16.2. The van der Waals surface area contributed by atoms with Gasteiger partial charge in [-0.2, -0.15) is 0 Å². The molecule has 1 aromatic carbocycles. The molecule has 4 nitrogen and oxygen atoms in total. The molecular formula is C17H25N3O. The molecule has 0 radical (unpaired) electrons. The van der Waals surface area contributed by atoms with E-state index in [0.717, 1.165) is 56.0 Å².